The lowest BCUT2D eigenvalue weighted by Crippen LogP contribution is -2.23. The first-order valence-corrected chi connectivity index (χ1v) is 11.3. The van der Waals surface area contributed by atoms with Crippen LogP contribution < -0.4 is 14.8 Å². The Morgan fingerprint density at radius 2 is 1.97 bits per heavy atom. The van der Waals surface area contributed by atoms with Crippen molar-refractivity contribution in [3.05, 3.63) is 86.0 Å². The molecule has 7 heteroatoms. The number of carbonyl (C=O) groups excluding carboxylic acids is 1. The Balaban J connectivity index is 1.72. The van der Waals surface area contributed by atoms with E-state index in [2.05, 4.69) is 21.2 Å². The number of benzene rings is 2. The Morgan fingerprint density at radius 3 is 2.65 bits per heavy atom. The standard InChI is InChI=1S/C24H21BrN2O3S/c1-2-29-23-13-18(7-10-22(23)30-16-17-5-8-20(25)9-6-17)12-19(14-26)24(28)27-15-21-4-3-11-31-21/h3-13H,2,15-16H2,1H3,(H,27,28)/b19-12+. The van der Waals surface area contributed by atoms with Gasteiger partial charge in [0, 0.05) is 9.35 Å². The molecular formula is C24H21BrN2O3S. The van der Waals surface area contributed by atoms with Crippen LogP contribution >= 0.6 is 27.3 Å². The number of ether oxygens (including phenoxy) is 2. The van der Waals surface area contributed by atoms with Gasteiger partial charge >= 0.3 is 0 Å². The van der Waals surface area contributed by atoms with Gasteiger partial charge in [0.05, 0.1) is 13.2 Å². The summed E-state index contributed by atoms with van der Waals surface area (Å²) in [5.41, 5.74) is 1.74. The lowest BCUT2D eigenvalue weighted by Gasteiger charge is -2.13. The van der Waals surface area contributed by atoms with Gasteiger partial charge < -0.3 is 14.8 Å². The summed E-state index contributed by atoms with van der Waals surface area (Å²) in [6, 6.07) is 19.1. The fraction of sp³-hybridized carbons (Fsp3) is 0.167. The third-order valence-corrected chi connectivity index (χ3v) is 5.66. The second kappa shape index (κ2) is 11.3. The minimum absolute atomic E-state index is 0.0301. The third kappa shape index (κ3) is 6.71. The number of thiophene rings is 1. The predicted molar refractivity (Wildman–Crippen MR) is 126 cm³/mol. The molecule has 0 aliphatic heterocycles. The maximum absolute atomic E-state index is 12.4. The van der Waals surface area contributed by atoms with Gasteiger partial charge in [0.25, 0.3) is 5.91 Å². The number of nitriles is 1. The number of carbonyl (C=O) groups is 1. The van der Waals surface area contributed by atoms with E-state index in [-0.39, 0.29) is 5.57 Å². The number of rotatable bonds is 9. The summed E-state index contributed by atoms with van der Waals surface area (Å²) in [6.45, 7) is 3.15. The fourth-order valence-corrected chi connectivity index (χ4v) is 3.64. The van der Waals surface area contributed by atoms with Crippen LogP contribution in [0, 0.1) is 11.3 Å². The van der Waals surface area contributed by atoms with Crippen LogP contribution in [0.5, 0.6) is 11.5 Å². The van der Waals surface area contributed by atoms with E-state index >= 15 is 0 Å². The van der Waals surface area contributed by atoms with Crippen molar-refractivity contribution < 1.29 is 14.3 Å². The van der Waals surface area contributed by atoms with Crippen LogP contribution in [0.25, 0.3) is 6.08 Å². The first-order valence-electron chi connectivity index (χ1n) is 9.65. The quantitative estimate of drug-likeness (QED) is 0.304. The summed E-state index contributed by atoms with van der Waals surface area (Å²) in [5.74, 6) is 0.747. The monoisotopic (exact) mass is 496 g/mol. The van der Waals surface area contributed by atoms with E-state index in [0.29, 0.717) is 36.8 Å². The molecule has 0 bridgehead atoms. The second-order valence-electron chi connectivity index (χ2n) is 6.49. The van der Waals surface area contributed by atoms with Crippen LogP contribution in [0.4, 0.5) is 0 Å². The number of amides is 1. The van der Waals surface area contributed by atoms with Gasteiger partial charge in [-0.2, -0.15) is 5.26 Å². The topological polar surface area (TPSA) is 71.3 Å². The molecule has 3 aromatic rings. The van der Waals surface area contributed by atoms with Gasteiger partial charge in [0.1, 0.15) is 18.2 Å². The second-order valence-corrected chi connectivity index (χ2v) is 8.43. The van der Waals surface area contributed by atoms with E-state index in [1.807, 2.05) is 54.8 Å². The zero-order valence-corrected chi connectivity index (χ0v) is 19.3. The molecule has 3 rings (SSSR count). The van der Waals surface area contributed by atoms with E-state index in [0.717, 1.165) is 14.9 Å². The van der Waals surface area contributed by atoms with E-state index < -0.39 is 5.91 Å². The predicted octanol–water partition coefficient (Wildman–Crippen LogP) is 5.71. The molecule has 1 aromatic heterocycles. The molecule has 0 saturated carbocycles. The van der Waals surface area contributed by atoms with Crippen LogP contribution in [0.2, 0.25) is 0 Å². The molecule has 5 nitrogen and oxygen atoms in total. The van der Waals surface area contributed by atoms with Gasteiger partial charge in [-0.25, -0.2) is 0 Å². The Kier molecular flexibility index (Phi) is 8.27. The van der Waals surface area contributed by atoms with Gasteiger partial charge in [-0.15, -0.1) is 11.3 Å². The Bertz CT molecular complexity index is 1090. The van der Waals surface area contributed by atoms with Crippen LogP contribution in [-0.4, -0.2) is 12.5 Å². The summed E-state index contributed by atoms with van der Waals surface area (Å²) in [7, 11) is 0. The minimum Gasteiger partial charge on any atom is -0.490 e. The SMILES string of the molecule is CCOc1cc(/C=C(\C#N)C(=O)NCc2cccs2)ccc1OCc1ccc(Br)cc1. The summed E-state index contributed by atoms with van der Waals surface area (Å²) in [6.07, 6.45) is 1.55. The minimum atomic E-state index is -0.413. The highest BCUT2D eigenvalue weighted by molar-refractivity contribution is 9.10. The van der Waals surface area contributed by atoms with Crippen LogP contribution in [0.15, 0.2) is 70.0 Å². The van der Waals surface area contributed by atoms with Crippen molar-refractivity contribution in [2.75, 3.05) is 6.61 Å². The maximum atomic E-state index is 12.4. The molecular weight excluding hydrogens is 476 g/mol. The van der Waals surface area contributed by atoms with Crippen molar-refractivity contribution >= 4 is 39.2 Å². The highest BCUT2D eigenvalue weighted by atomic mass is 79.9. The lowest BCUT2D eigenvalue weighted by molar-refractivity contribution is -0.117. The van der Waals surface area contributed by atoms with Gasteiger partial charge in [0.15, 0.2) is 11.5 Å². The van der Waals surface area contributed by atoms with Crippen LogP contribution in [0.3, 0.4) is 0 Å². The molecule has 1 heterocycles. The van der Waals surface area contributed by atoms with Crippen molar-refractivity contribution in [1.82, 2.24) is 5.32 Å². The smallest absolute Gasteiger partial charge is 0.262 e. The molecule has 0 unspecified atom stereocenters. The number of nitrogens with zero attached hydrogens (tertiary/aromatic N) is 1. The van der Waals surface area contributed by atoms with Crippen molar-refractivity contribution in [2.45, 2.75) is 20.1 Å². The first kappa shape index (κ1) is 22.6. The maximum Gasteiger partial charge on any atom is 0.262 e. The van der Waals surface area contributed by atoms with Gasteiger partial charge in [-0.1, -0.05) is 40.2 Å². The first-order chi connectivity index (χ1) is 15.1. The van der Waals surface area contributed by atoms with E-state index in [9.17, 15) is 10.1 Å². The molecule has 0 fully saturated rings. The normalized spacial score (nSPS) is 10.9. The molecule has 0 aliphatic carbocycles. The number of nitrogens with one attached hydrogen (secondary N) is 1. The summed E-state index contributed by atoms with van der Waals surface area (Å²) in [4.78, 5) is 13.4. The van der Waals surface area contributed by atoms with Crippen LogP contribution in [-0.2, 0) is 17.9 Å². The lowest BCUT2D eigenvalue weighted by atomic mass is 10.1. The van der Waals surface area contributed by atoms with Crippen LogP contribution in [0.1, 0.15) is 22.9 Å². The number of hydrogen-bond donors (Lipinski definition) is 1. The zero-order chi connectivity index (χ0) is 22.1. The molecule has 1 amide bonds. The average Bonchev–Trinajstić information content (AvgIpc) is 3.30. The summed E-state index contributed by atoms with van der Waals surface area (Å²) < 4.78 is 12.6. The van der Waals surface area contributed by atoms with Crippen molar-refractivity contribution in [3.63, 3.8) is 0 Å². The summed E-state index contributed by atoms with van der Waals surface area (Å²) in [5, 5.41) is 14.2. The molecule has 1 N–H and O–H groups in total. The molecule has 0 saturated heterocycles. The largest absolute Gasteiger partial charge is 0.490 e. The fourth-order valence-electron chi connectivity index (χ4n) is 2.73. The Hall–Kier alpha value is -3.08. The van der Waals surface area contributed by atoms with Crippen molar-refractivity contribution in [1.29, 1.82) is 5.26 Å². The van der Waals surface area contributed by atoms with Crippen molar-refractivity contribution in [2.24, 2.45) is 0 Å². The molecule has 0 spiro atoms. The molecule has 31 heavy (non-hydrogen) atoms. The molecule has 0 atom stereocenters. The van der Waals surface area contributed by atoms with Gasteiger partial charge in [-0.3, -0.25) is 4.79 Å². The number of halogens is 1. The highest BCUT2D eigenvalue weighted by Crippen LogP contribution is 2.30. The molecule has 2 aromatic carbocycles. The van der Waals surface area contributed by atoms with Crippen molar-refractivity contribution in [3.8, 4) is 17.6 Å². The third-order valence-electron chi connectivity index (χ3n) is 4.25. The van der Waals surface area contributed by atoms with E-state index in [4.69, 9.17) is 9.47 Å². The number of hydrogen-bond acceptors (Lipinski definition) is 5. The summed E-state index contributed by atoms with van der Waals surface area (Å²) >= 11 is 4.97. The van der Waals surface area contributed by atoms with Gasteiger partial charge in [-0.05, 0) is 59.8 Å². The molecule has 158 valence electrons. The van der Waals surface area contributed by atoms with E-state index in [1.165, 1.54) is 0 Å². The highest BCUT2D eigenvalue weighted by Gasteiger charge is 2.11. The van der Waals surface area contributed by atoms with E-state index in [1.54, 1.807) is 35.6 Å². The Labute approximate surface area is 194 Å². The molecule has 0 radical (unpaired) electrons. The average molecular weight is 497 g/mol. The Morgan fingerprint density at radius 1 is 1.16 bits per heavy atom. The van der Waals surface area contributed by atoms with Gasteiger partial charge in [0.2, 0.25) is 0 Å². The molecule has 0 aliphatic rings. The zero-order valence-electron chi connectivity index (χ0n) is 16.9.